The van der Waals surface area contributed by atoms with Crippen molar-refractivity contribution >= 4 is 33.0 Å². The molecule has 1 aliphatic rings. The van der Waals surface area contributed by atoms with Crippen molar-refractivity contribution in [3.63, 3.8) is 0 Å². The largest absolute Gasteiger partial charge is 0.399 e. The first-order valence-corrected chi connectivity index (χ1v) is 6.53. The molecule has 1 fully saturated rings. The maximum Gasteiger partial charge on any atom is 0.266 e. The summed E-state index contributed by atoms with van der Waals surface area (Å²) in [6.45, 7) is 0.915. The number of hydrogen-bond acceptors (Lipinski definition) is 4. The van der Waals surface area contributed by atoms with Gasteiger partial charge in [-0.3, -0.25) is 0 Å². The van der Waals surface area contributed by atoms with E-state index in [-0.39, 0.29) is 10.0 Å². The average molecular weight is 257 g/mol. The Kier molecular flexibility index (Phi) is 2.73. The number of rotatable bonds is 2. The Morgan fingerprint density at radius 1 is 1.31 bits per heavy atom. The van der Waals surface area contributed by atoms with E-state index in [1.165, 1.54) is 16.4 Å². The maximum atomic E-state index is 12.1. The lowest BCUT2D eigenvalue weighted by Crippen LogP contribution is -2.33. The molecule has 3 N–H and O–H groups in total. The van der Waals surface area contributed by atoms with E-state index in [1.54, 1.807) is 12.1 Å². The van der Waals surface area contributed by atoms with Gasteiger partial charge in [-0.1, -0.05) is 0 Å². The van der Waals surface area contributed by atoms with Gasteiger partial charge in [0.15, 0.2) is 5.11 Å². The summed E-state index contributed by atoms with van der Waals surface area (Å²) in [5, 5.41) is 3.06. The van der Waals surface area contributed by atoms with Crippen LogP contribution in [0.1, 0.15) is 0 Å². The average Bonchev–Trinajstić information content (AvgIpc) is 2.66. The Morgan fingerprint density at radius 2 is 1.94 bits per heavy atom. The number of thiocarbonyl (C=S) groups is 1. The third-order valence-electron chi connectivity index (χ3n) is 2.29. The maximum absolute atomic E-state index is 12.1. The number of sulfonamides is 1. The lowest BCUT2D eigenvalue weighted by Gasteiger charge is -2.16. The van der Waals surface area contributed by atoms with Gasteiger partial charge in [0.25, 0.3) is 10.0 Å². The molecule has 0 aliphatic carbocycles. The summed E-state index contributed by atoms with van der Waals surface area (Å²) in [6.07, 6.45) is 0. The zero-order valence-electron chi connectivity index (χ0n) is 8.38. The van der Waals surface area contributed by atoms with Crippen LogP contribution >= 0.6 is 12.2 Å². The van der Waals surface area contributed by atoms with Gasteiger partial charge in [0.1, 0.15) is 0 Å². The van der Waals surface area contributed by atoms with Crippen molar-refractivity contribution < 1.29 is 8.42 Å². The molecule has 0 saturated carbocycles. The van der Waals surface area contributed by atoms with Gasteiger partial charge < -0.3 is 11.1 Å². The summed E-state index contributed by atoms with van der Waals surface area (Å²) in [5.74, 6) is 0. The van der Waals surface area contributed by atoms with Gasteiger partial charge in [-0.15, -0.1) is 0 Å². The highest BCUT2D eigenvalue weighted by atomic mass is 32.2. The first kappa shape index (κ1) is 11.2. The predicted octanol–water partition coefficient (Wildman–Crippen LogP) is 0.148. The summed E-state index contributed by atoms with van der Waals surface area (Å²) in [6, 6.07) is 6.07. The van der Waals surface area contributed by atoms with Gasteiger partial charge in [-0.25, -0.2) is 12.7 Å². The Hall–Kier alpha value is -1.34. The van der Waals surface area contributed by atoms with E-state index in [0.29, 0.717) is 18.8 Å². The summed E-state index contributed by atoms with van der Waals surface area (Å²) in [7, 11) is -3.53. The third kappa shape index (κ3) is 1.83. The van der Waals surface area contributed by atoms with Gasteiger partial charge >= 0.3 is 0 Å². The molecule has 1 aromatic rings. The van der Waals surface area contributed by atoms with E-state index in [4.69, 9.17) is 18.0 Å². The smallest absolute Gasteiger partial charge is 0.266 e. The molecule has 0 radical (unpaired) electrons. The van der Waals surface area contributed by atoms with Crippen LogP contribution in [0.2, 0.25) is 0 Å². The van der Waals surface area contributed by atoms with Gasteiger partial charge in [0.05, 0.1) is 11.4 Å². The van der Waals surface area contributed by atoms with E-state index < -0.39 is 10.0 Å². The fourth-order valence-electron chi connectivity index (χ4n) is 1.45. The predicted molar refractivity (Wildman–Crippen MR) is 65.3 cm³/mol. The van der Waals surface area contributed by atoms with Crippen molar-refractivity contribution in [2.75, 3.05) is 18.8 Å². The van der Waals surface area contributed by atoms with Crippen LogP contribution in [0.15, 0.2) is 29.2 Å². The molecule has 0 aromatic heterocycles. The first-order chi connectivity index (χ1) is 7.51. The molecule has 1 aliphatic heterocycles. The van der Waals surface area contributed by atoms with E-state index in [2.05, 4.69) is 5.32 Å². The Labute approximate surface area is 99.3 Å². The van der Waals surface area contributed by atoms with Crippen LogP contribution in [0.25, 0.3) is 0 Å². The molecule has 1 saturated heterocycles. The monoisotopic (exact) mass is 257 g/mol. The third-order valence-corrected chi connectivity index (χ3v) is 4.58. The van der Waals surface area contributed by atoms with Crippen LogP contribution in [0.5, 0.6) is 0 Å². The van der Waals surface area contributed by atoms with Crippen LogP contribution < -0.4 is 11.1 Å². The Bertz CT molecular complexity index is 510. The van der Waals surface area contributed by atoms with E-state index >= 15 is 0 Å². The standard InChI is InChI=1S/C9H11N3O2S2/c10-7-1-3-8(4-2-7)16(13,14)12-6-5-11-9(12)15/h1-4H,5-6,10H2,(H,11,15). The minimum atomic E-state index is -3.53. The normalized spacial score (nSPS) is 16.2. The second-order valence-electron chi connectivity index (χ2n) is 3.38. The number of nitrogens with zero attached hydrogens (tertiary/aromatic N) is 1. The minimum absolute atomic E-state index is 0.202. The van der Waals surface area contributed by atoms with Crippen molar-refractivity contribution in [3.05, 3.63) is 24.3 Å². The van der Waals surface area contributed by atoms with Crippen LogP contribution in [-0.4, -0.2) is 30.9 Å². The minimum Gasteiger partial charge on any atom is -0.399 e. The van der Waals surface area contributed by atoms with E-state index in [9.17, 15) is 8.42 Å². The fourth-order valence-corrected chi connectivity index (χ4v) is 3.29. The number of benzene rings is 1. The van der Waals surface area contributed by atoms with E-state index in [1.807, 2.05) is 0 Å². The van der Waals surface area contributed by atoms with Gasteiger partial charge in [-0.2, -0.15) is 0 Å². The number of nitrogens with two attached hydrogens (primary N) is 1. The van der Waals surface area contributed by atoms with Crippen LogP contribution in [0.3, 0.4) is 0 Å². The van der Waals surface area contributed by atoms with Gasteiger partial charge in [0.2, 0.25) is 0 Å². The van der Waals surface area contributed by atoms with Crippen molar-refractivity contribution in [1.82, 2.24) is 9.62 Å². The summed E-state index contributed by atoms with van der Waals surface area (Å²) >= 11 is 4.93. The molecule has 0 atom stereocenters. The van der Waals surface area contributed by atoms with Crippen LogP contribution in [-0.2, 0) is 10.0 Å². The highest BCUT2D eigenvalue weighted by Gasteiger charge is 2.29. The number of hydrogen-bond donors (Lipinski definition) is 2. The summed E-state index contributed by atoms with van der Waals surface area (Å²) in [5.41, 5.74) is 6.03. The van der Waals surface area contributed by atoms with Crippen molar-refractivity contribution in [1.29, 1.82) is 0 Å². The topological polar surface area (TPSA) is 75.4 Å². The van der Waals surface area contributed by atoms with E-state index in [0.717, 1.165) is 0 Å². The molecule has 0 spiro atoms. The highest BCUT2D eigenvalue weighted by molar-refractivity contribution is 7.91. The molecule has 0 bridgehead atoms. The Morgan fingerprint density at radius 3 is 2.44 bits per heavy atom. The Balaban J connectivity index is 2.39. The fraction of sp³-hybridized carbons (Fsp3) is 0.222. The summed E-state index contributed by atoms with van der Waals surface area (Å²) < 4.78 is 25.4. The van der Waals surface area contributed by atoms with Gasteiger partial charge in [0, 0.05) is 12.2 Å². The lowest BCUT2D eigenvalue weighted by atomic mass is 10.3. The zero-order chi connectivity index (χ0) is 11.8. The van der Waals surface area contributed by atoms with Crippen molar-refractivity contribution in [2.45, 2.75) is 4.90 Å². The molecule has 0 amide bonds. The number of anilines is 1. The van der Waals surface area contributed by atoms with Gasteiger partial charge in [-0.05, 0) is 36.5 Å². The first-order valence-electron chi connectivity index (χ1n) is 4.68. The highest BCUT2D eigenvalue weighted by Crippen LogP contribution is 2.18. The second-order valence-corrected chi connectivity index (χ2v) is 5.63. The molecule has 0 unspecified atom stereocenters. The number of nitrogen functional groups attached to an aromatic ring is 1. The molecule has 16 heavy (non-hydrogen) atoms. The summed E-state index contributed by atoms with van der Waals surface area (Å²) in [4.78, 5) is 0.202. The SMILES string of the molecule is Nc1ccc(S(=O)(=O)N2CCNC2=S)cc1. The van der Waals surface area contributed by atoms with Crippen LogP contribution in [0.4, 0.5) is 5.69 Å². The lowest BCUT2D eigenvalue weighted by molar-refractivity contribution is 0.542. The molecule has 86 valence electrons. The quantitative estimate of drug-likeness (QED) is 0.582. The zero-order valence-corrected chi connectivity index (χ0v) is 10.0. The van der Waals surface area contributed by atoms with Crippen molar-refractivity contribution in [3.8, 4) is 0 Å². The molecule has 5 nitrogen and oxygen atoms in total. The number of nitrogens with one attached hydrogen (secondary N) is 1. The molecule has 1 aromatic carbocycles. The van der Waals surface area contributed by atoms with Crippen molar-refractivity contribution in [2.24, 2.45) is 0 Å². The molecule has 1 heterocycles. The van der Waals surface area contributed by atoms with Crippen LogP contribution in [0, 0.1) is 0 Å². The second kappa shape index (κ2) is 3.91. The molecular weight excluding hydrogens is 246 g/mol. The molecular formula is C9H11N3O2S2. The molecule has 2 rings (SSSR count). The molecule has 7 heteroatoms.